The summed E-state index contributed by atoms with van der Waals surface area (Å²) in [4.78, 5) is 15.2. The molecule has 0 bridgehead atoms. The minimum absolute atomic E-state index is 0.487. The van der Waals surface area contributed by atoms with Gasteiger partial charge in [0.2, 0.25) is 0 Å². The van der Waals surface area contributed by atoms with Crippen molar-refractivity contribution in [1.82, 2.24) is 15.0 Å². The van der Waals surface area contributed by atoms with E-state index >= 15 is 0 Å². The SMILES string of the molecule is c1ccc2[te]c(-c3cc(-c4nc5ccccc5[te]4)cc(-c4nc5ccccc5[te]4)c3)nc2c1. The standard InChI is InChI=1S/C27H15N3Te3/c1-4-10-22-19(7-1)28-25(31-22)16-13-17(26-29-20-8-2-5-11-23(20)32-26)15-18(14-16)27-30-21-9-3-6-12-24(21)33-27/h1-15H. The van der Waals surface area contributed by atoms with E-state index in [-0.39, 0.29) is 0 Å². The van der Waals surface area contributed by atoms with Crippen LogP contribution in [0, 0.1) is 0 Å². The van der Waals surface area contributed by atoms with Crippen molar-refractivity contribution in [2.45, 2.75) is 0 Å². The molecule has 0 radical (unpaired) electrons. The molecular weight excluding hydrogens is 749 g/mol. The van der Waals surface area contributed by atoms with Crippen molar-refractivity contribution in [3.63, 3.8) is 0 Å². The van der Waals surface area contributed by atoms with E-state index in [0.29, 0.717) is 0 Å². The fourth-order valence-corrected chi connectivity index (χ4v) is 12.1. The summed E-state index contributed by atoms with van der Waals surface area (Å²) in [5.74, 6) is 0. The van der Waals surface area contributed by atoms with Gasteiger partial charge in [-0.15, -0.1) is 0 Å². The molecule has 0 aliphatic rings. The van der Waals surface area contributed by atoms with Crippen LogP contribution in [0.4, 0.5) is 0 Å². The van der Waals surface area contributed by atoms with Gasteiger partial charge in [-0.25, -0.2) is 0 Å². The molecule has 4 aromatic carbocycles. The van der Waals surface area contributed by atoms with Crippen molar-refractivity contribution in [3.05, 3.63) is 91.0 Å². The Morgan fingerprint density at radius 3 is 1.00 bits per heavy atom. The van der Waals surface area contributed by atoms with E-state index < -0.39 is 61.3 Å². The maximum atomic E-state index is 5.05. The average Bonchev–Trinajstić information content (AvgIpc) is 3.59. The summed E-state index contributed by atoms with van der Waals surface area (Å²) in [6.45, 7) is 0. The molecular formula is C27H15N3Te3. The molecule has 0 unspecified atom stereocenters. The number of aromatic nitrogens is 3. The van der Waals surface area contributed by atoms with Crippen LogP contribution in [0.1, 0.15) is 0 Å². The Labute approximate surface area is 219 Å². The molecule has 3 heterocycles. The summed E-state index contributed by atoms with van der Waals surface area (Å²) in [6, 6.07) is 32.9. The number of fused-ring (bicyclic) bond motifs is 3. The summed E-state index contributed by atoms with van der Waals surface area (Å²) in [7, 11) is 0. The molecule has 156 valence electrons. The van der Waals surface area contributed by atoms with Crippen LogP contribution in [0.25, 0.3) is 54.6 Å². The number of para-hydroxylation sites is 3. The van der Waals surface area contributed by atoms with Crippen LogP contribution in [0.5, 0.6) is 0 Å². The zero-order valence-corrected chi connectivity index (χ0v) is 24.2. The number of nitrogens with zero attached hydrogens (tertiary/aromatic N) is 3. The summed E-state index contributed by atoms with van der Waals surface area (Å²) in [6.07, 6.45) is 0. The van der Waals surface area contributed by atoms with Gasteiger partial charge in [0.15, 0.2) is 0 Å². The molecule has 0 fully saturated rings. The van der Waals surface area contributed by atoms with Gasteiger partial charge < -0.3 is 0 Å². The minimum atomic E-state index is -0.487. The molecule has 0 saturated carbocycles. The van der Waals surface area contributed by atoms with Crippen LogP contribution < -0.4 is 0 Å². The van der Waals surface area contributed by atoms with Crippen LogP contribution in [0.15, 0.2) is 91.0 Å². The first-order chi connectivity index (χ1) is 16.3. The molecule has 0 amide bonds. The van der Waals surface area contributed by atoms with Crippen molar-refractivity contribution in [2.75, 3.05) is 0 Å². The third kappa shape index (κ3) is 3.85. The maximum absolute atomic E-state index is 5.05. The van der Waals surface area contributed by atoms with Gasteiger partial charge in [-0.1, -0.05) is 0 Å². The molecule has 3 aromatic heterocycles. The third-order valence-corrected chi connectivity index (χ3v) is 14.8. The van der Waals surface area contributed by atoms with Crippen LogP contribution in [0.2, 0.25) is 0 Å². The molecule has 6 heteroatoms. The molecule has 0 aliphatic carbocycles. The molecule has 7 rings (SSSR count). The van der Waals surface area contributed by atoms with Gasteiger partial charge in [0.1, 0.15) is 0 Å². The Hall–Kier alpha value is -1.74. The second-order valence-electron chi connectivity index (χ2n) is 7.76. The van der Waals surface area contributed by atoms with Gasteiger partial charge in [-0.3, -0.25) is 0 Å². The molecule has 7 aromatic rings. The Kier molecular flexibility index (Phi) is 5.30. The van der Waals surface area contributed by atoms with Crippen molar-refractivity contribution >= 4 is 88.0 Å². The Balaban J connectivity index is 1.46. The first-order valence-electron chi connectivity index (χ1n) is 10.5. The van der Waals surface area contributed by atoms with Crippen LogP contribution >= 0.6 is 0 Å². The van der Waals surface area contributed by atoms with E-state index in [9.17, 15) is 0 Å². The Morgan fingerprint density at radius 2 is 0.697 bits per heavy atom. The second-order valence-corrected chi connectivity index (χ2v) is 16.6. The van der Waals surface area contributed by atoms with Crippen molar-refractivity contribution < 1.29 is 0 Å². The predicted octanol–water partition coefficient (Wildman–Crippen LogP) is 5.50. The quantitative estimate of drug-likeness (QED) is 0.223. The van der Waals surface area contributed by atoms with E-state index in [0.717, 1.165) is 16.6 Å². The molecule has 0 spiro atoms. The fourth-order valence-electron chi connectivity index (χ4n) is 3.99. The molecule has 0 saturated heterocycles. The molecule has 0 aliphatic heterocycles. The van der Waals surface area contributed by atoms with Crippen LogP contribution in [-0.4, -0.2) is 76.2 Å². The van der Waals surface area contributed by atoms with E-state index in [1.54, 1.807) is 0 Å². The zero-order valence-electron chi connectivity index (χ0n) is 17.2. The molecule has 0 atom stereocenters. The first kappa shape index (κ1) is 20.6. The average molecular weight is 764 g/mol. The van der Waals surface area contributed by atoms with Crippen LogP contribution in [0.3, 0.4) is 0 Å². The van der Waals surface area contributed by atoms with Gasteiger partial charge in [0, 0.05) is 0 Å². The van der Waals surface area contributed by atoms with Crippen molar-refractivity contribution in [3.8, 4) is 27.8 Å². The molecule has 33 heavy (non-hydrogen) atoms. The number of hydrogen-bond donors (Lipinski definition) is 0. The Bertz CT molecular complexity index is 1470. The topological polar surface area (TPSA) is 38.7 Å². The third-order valence-electron chi connectivity index (χ3n) is 5.56. The number of hydrogen-bond acceptors (Lipinski definition) is 3. The van der Waals surface area contributed by atoms with Crippen LogP contribution in [-0.2, 0) is 0 Å². The van der Waals surface area contributed by atoms with E-state index in [4.69, 9.17) is 15.0 Å². The van der Waals surface area contributed by atoms with Gasteiger partial charge >= 0.3 is 222 Å². The summed E-state index contributed by atoms with van der Waals surface area (Å²) < 4.78 is 8.13. The second kappa shape index (κ2) is 8.48. The fraction of sp³-hybridized carbons (Fsp3) is 0. The van der Waals surface area contributed by atoms with Crippen molar-refractivity contribution in [1.29, 1.82) is 0 Å². The molecule has 0 N–H and O–H groups in total. The predicted molar refractivity (Wildman–Crippen MR) is 139 cm³/mol. The van der Waals surface area contributed by atoms with Crippen molar-refractivity contribution in [2.24, 2.45) is 0 Å². The summed E-state index contributed by atoms with van der Waals surface area (Å²) >= 11 is -1.46. The van der Waals surface area contributed by atoms with E-state index in [1.165, 1.54) is 38.0 Å². The zero-order chi connectivity index (χ0) is 21.8. The van der Waals surface area contributed by atoms with E-state index in [2.05, 4.69) is 91.0 Å². The number of benzene rings is 4. The Morgan fingerprint density at radius 1 is 0.394 bits per heavy atom. The van der Waals surface area contributed by atoms with Gasteiger partial charge in [-0.2, -0.15) is 0 Å². The summed E-state index contributed by atoms with van der Waals surface area (Å²) in [5, 5.41) is 0. The van der Waals surface area contributed by atoms with E-state index in [1.807, 2.05) is 0 Å². The molecule has 3 nitrogen and oxygen atoms in total. The first-order valence-corrected chi connectivity index (χ1v) is 17.5. The van der Waals surface area contributed by atoms with Gasteiger partial charge in [-0.05, 0) is 0 Å². The van der Waals surface area contributed by atoms with Gasteiger partial charge in [0.25, 0.3) is 0 Å². The summed E-state index contributed by atoms with van der Waals surface area (Å²) in [5.41, 5.74) is 7.25. The van der Waals surface area contributed by atoms with Gasteiger partial charge in [0.05, 0.1) is 0 Å². The normalized spacial score (nSPS) is 11.6. The monoisotopic (exact) mass is 771 g/mol. The number of rotatable bonds is 3.